The summed E-state index contributed by atoms with van der Waals surface area (Å²) in [6, 6.07) is 12.6. The average molecular weight is 499 g/mol. The van der Waals surface area contributed by atoms with Crippen LogP contribution in [0.25, 0.3) is 0 Å². The fraction of sp³-hybridized carbons (Fsp3) is 0.200. The van der Waals surface area contributed by atoms with E-state index in [0.29, 0.717) is 36.2 Å². The van der Waals surface area contributed by atoms with Gasteiger partial charge in [-0.1, -0.05) is 18.2 Å². The van der Waals surface area contributed by atoms with E-state index in [1.807, 2.05) is 23.1 Å². The molecule has 11 nitrogen and oxygen atoms in total. The molecular weight excluding hydrogens is 480 g/mol. The lowest BCUT2D eigenvalue weighted by Crippen LogP contribution is -2.47. The second-order valence-corrected chi connectivity index (χ2v) is 7.73. The van der Waals surface area contributed by atoms with Gasteiger partial charge in [0, 0.05) is 36.8 Å². The van der Waals surface area contributed by atoms with Crippen molar-refractivity contribution in [1.82, 2.24) is 20.4 Å². The molecule has 1 fully saturated rings. The van der Waals surface area contributed by atoms with Gasteiger partial charge in [-0.25, -0.2) is 15.0 Å². The van der Waals surface area contributed by atoms with E-state index in [-0.39, 0.29) is 17.3 Å². The van der Waals surface area contributed by atoms with Crippen molar-refractivity contribution in [1.29, 1.82) is 0 Å². The van der Waals surface area contributed by atoms with E-state index in [4.69, 9.17) is 0 Å². The van der Waals surface area contributed by atoms with E-state index in [1.54, 1.807) is 30.5 Å². The number of amides is 1. The highest BCUT2D eigenvalue weighted by atomic mass is 79.9. The van der Waals surface area contributed by atoms with Gasteiger partial charge < -0.3 is 9.80 Å². The van der Waals surface area contributed by atoms with Crippen LogP contribution < -0.4 is 20.7 Å². The molecule has 0 saturated carbocycles. The van der Waals surface area contributed by atoms with Gasteiger partial charge in [0.25, 0.3) is 5.91 Å². The van der Waals surface area contributed by atoms with E-state index >= 15 is 0 Å². The fourth-order valence-corrected chi connectivity index (χ4v) is 3.84. The lowest BCUT2D eigenvalue weighted by atomic mass is 10.2. The number of nitro groups is 1. The zero-order valence-corrected chi connectivity index (χ0v) is 18.4. The molecule has 0 spiro atoms. The van der Waals surface area contributed by atoms with Crippen LogP contribution in [0.5, 0.6) is 0 Å². The fourth-order valence-electron chi connectivity index (χ4n) is 3.38. The molecule has 2 N–H and O–H groups in total. The number of pyridine rings is 1. The lowest BCUT2D eigenvalue weighted by molar-refractivity contribution is -0.383. The summed E-state index contributed by atoms with van der Waals surface area (Å²) in [6.07, 6.45) is 2.97. The number of piperazine rings is 1. The van der Waals surface area contributed by atoms with Crippen LogP contribution in [0.4, 0.5) is 23.1 Å². The van der Waals surface area contributed by atoms with Gasteiger partial charge in [0.2, 0.25) is 11.6 Å². The first-order chi connectivity index (χ1) is 15.5. The number of hydrogen-bond acceptors (Lipinski definition) is 9. The van der Waals surface area contributed by atoms with Gasteiger partial charge in [-0.05, 0) is 40.2 Å². The third kappa shape index (κ3) is 4.59. The highest BCUT2D eigenvalue weighted by Gasteiger charge is 2.30. The molecule has 0 unspecified atom stereocenters. The van der Waals surface area contributed by atoms with Gasteiger partial charge in [0.15, 0.2) is 0 Å². The summed E-state index contributed by atoms with van der Waals surface area (Å²) in [7, 11) is 0. The highest BCUT2D eigenvalue weighted by molar-refractivity contribution is 9.10. The minimum atomic E-state index is -0.548. The third-order valence-electron chi connectivity index (χ3n) is 4.95. The maximum atomic E-state index is 12.4. The summed E-state index contributed by atoms with van der Waals surface area (Å²) in [5, 5.41) is 11.9. The van der Waals surface area contributed by atoms with Crippen LogP contribution in [-0.2, 0) is 0 Å². The molecule has 1 aliphatic heterocycles. The molecule has 0 aliphatic carbocycles. The molecule has 0 radical (unpaired) electrons. The minimum Gasteiger partial charge on any atom is -0.353 e. The number of halogens is 1. The average Bonchev–Trinajstić information content (AvgIpc) is 2.83. The van der Waals surface area contributed by atoms with Crippen LogP contribution in [0.15, 0.2) is 59.5 Å². The molecule has 12 heteroatoms. The van der Waals surface area contributed by atoms with E-state index in [9.17, 15) is 14.9 Å². The first-order valence-electron chi connectivity index (χ1n) is 9.76. The van der Waals surface area contributed by atoms with Gasteiger partial charge in [-0.2, -0.15) is 0 Å². The Labute approximate surface area is 191 Å². The Hall–Kier alpha value is -3.80. The Balaban J connectivity index is 1.49. The molecule has 3 heterocycles. The molecular formula is C20H19BrN8O3. The summed E-state index contributed by atoms with van der Waals surface area (Å²) in [4.78, 5) is 40.2. The minimum absolute atomic E-state index is 0.0902. The van der Waals surface area contributed by atoms with E-state index in [1.165, 1.54) is 6.33 Å². The van der Waals surface area contributed by atoms with Crippen molar-refractivity contribution in [2.24, 2.45) is 0 Å². The van der Waals surface area contributed by atoms with E-state index in [2.05, 4.69) is 46.6 Å². The Kier molecular flexibility index (Phi) is 6.40. The predicted molar refractivity (Wildman–Crippen MR) is 123 cm³/mol. The second-order valence-electron chi connectivity index (χ2n) is 6.87. The molecule has 3 aromatic rings. The van der Waals surface area contributed by atoms with Crippen molar-refractivity contribution in [3.05, 3.63) is 75.1 Å². The zero-order valence-electron chi connectivity index (χ0n) is 16.8. The molecule has 164 valence electrons. The number of rotatable bonds is 6. The first kappa shape index (κ1) is 21.4. The standard InChI is InChI=1S/C20H19BrN8O3/c21-15-6-2-1-5-14(15)20(30)26-25-18-17(29(31)32)19(24-13-23-18)28-11-9-27(10-12-28)16-7-3-4-8-22-16/h1-8,13H,9-12H2,(H,26,30)(H,23,24,25). The summed E-state index contributed by atoms with van der Waals surface area (Å²) >= 11 is 3.31. The summed E-state index contributed by atoms with van der Waals surface area (Å²) in [5.74, 6) is 0.508. The second kappa shape index (κ2) is 9.56. The van der Waals surface area contributed by atoms with Gasteiger partial charge in [-0.15, -0.1) is 0 Å². The van der Waals surface area contributed by atoms with Crippen molar-refractivity contribution in [2.75, 3.05) is 41.4 Å². The van der Waals surface area contributed by atoms with Gasteiger partial charge in [-0.3, -0.25) is 25.8 Å². The molecule has 2 aromatic heterocycles. The third-order valence-corrected chi connectivity index (χ3v) is 5.64. The number of benzene rings is 1. The number of carbonyl (C=O) groups is 1. The normalized spacial score (nSPS) is 13.5. The van der Waals surface area contributed by atoms with Gasteiger partial charge in [0.05, 0.1) is 10.5 Å². The molecule has 0 atom stereocenters. The Morgan fingerprint density at radius 2 is 1.72 bits per heavy atom. The monoisotopic (exact) mass is 498 g/mol. The smallest absolute Gasteiger partial charge is 0.353 e. The van der Waals surface area contributed by atoms with Crippen molar-refractivity contribution in [2.45, 2.75) is 0 Å². The quantitative estimate of drug-likeness (QED) is 0.388. The first-order valence-corrected chi connectivity index (χ1v) is 10.5. The number of hydrazine groups is 1. The maximum Gasteiger partial charge on any atom is 0.355 e. The van der Waals surface area contributed by atoms with Crippen LogP contribution in [0.1, 0.15) is 10.4 Å². The number of hydrogen-bond donors (Lipinski definition) is 2. The van der Waals surface area contributed by atoms with Crippen LogP contribution >= 0.6 is 15.9 Å². The molecule has 1 amide bonds. The predicted octanol–water partition coefficient (Wildman–Crippen LogP) is 2.63. The number of aromatic nitrogens is 3. The van der Waals surface area contributed by atoms with Crippen molar-refractivity contribution in [3.63, 3.8) is 0 Å². The maximum absolute atomic E-state index is 12.4. The van der Waals surface area contributed by atoms with Gasteiger partial charge >= 0.3 is 5.69 Å². The van der Waals surface area contributed by atoms with Crippen molar-refractivity contribution < 1.29 is 9.72 Å². The topological polar surface area (TPSA) is 129 Å². The van der Waals surface area contributed by atoms with Crippen LogP contribution in [-0.4, -0.2) is 52.0 Å². The van der Waals surface area contributed by atoms with E-state index in [0.717, 1.165) is 5.82 Å². The van der Waals surface area contributed by atoms with Crippen molar-refractivity contribution >= 4 is 45.0 Å². The number of anilines is 3. The number of nitrogens with one attached hydrogen (secondary N) is 2. The Morgan fingerprint density at radius 1 is 1.00 bits per heavy atom. The molecule has 4 rings (SSSR count). The molecule has 1 aliphatic rings. The number of carbonyl (C=O) groups excluding carboxylic acids is 1. The number of nitrogens with zero attached hydrogens (tertiary/aromatic N) is 6. The van der Waals surface area contributed by atoms with Crippen LogP contribution in [0.3, 0.4) is 0 Å². The van der Waals surface area contributed by atoms with E-state index < -0.39 is 10.8 Å². The van der Waals surface area contributed by atoms with Crippen LogP contribution in [0.2, 0.25) is 0 Å². The SMILES string of the molecule is O=C(NNc1ncnc(N2CCN(c3ccccn3)CC2)c1[N+](=O)[O-])c1ccccc1Br. The highest BCUT2D eigenvalue weighted by Crippen LogP contribution is 2.32. The van der Waals surface area contributed by atoms with Crippen molar-refractivity contribution in [3.8, 4) is 0 Å². The Bertz CT molecular complexity index is 1120. The molecule has 0 bridgehead atoms. The van der Waals surface area contributed by atoms with Crippen LogP contribution in [0, 0.1) is 10.1 Å². The molecule has 1 saturated heterocycles. The molecule has 1 aromatic carbocycles. The molecule has 32 heavy (non-hydrogen) atoms. The largest absolute Gasteiger partial charge is 0.355 e. The zero-order chi connectivity index (χ0) is 22.5. The van der Waals surface area contributed by atoms with Gasteiger partial charge in [0.1, 0.15) is 12.1 Å². The summed E-state index contributed by atoms with van der Waals surface area (Å²) in [6.45, 7) is 2.33. The summed E-state index contributed by atoms with van der Waals surface area (Å²) < 4.78 is 0.600. The lowest BCUT2D eigenvalue weighted by Gasteiger charge is -2.35. The Morgan fingerprint density at radius 3 is 2.41 bits per heavy atom. The summed E-state index contributed by atoms with van der Waals surface area (Å²) in [5.41, 5.74) is 5.11.